The lowest BCUT2D eigenvalue weighted by atomic mass is 10.1. The van der Waals surface area contributed by atoms with E-state index in [-0.39, 0.29) is 0 Å². The molecule has 3 aromatic rings. The zero-order valence-electron chi connectivity index (χ0n) is 14.3. The Bertz CT molecular complexity index is 801. The van der Waals surface area contributed by atoms with E-state index in [1.165, 1.54) is 5.56 Å². The number of likely N-dealkylation sites (tertiary alicyclic amines) is 1. The van der Waals surface area contributed by atoms with Crippen LogP contribution in [-0.4, -0.2) is 44.2 Å². The first-order chi connectivity index (χ1) is 12.3. The molecule has 128 valence electrons. The maximum Gasteiger partial charge on any atom is 0.248 e. The fourth-order valence-corrected chi connectivity index (χ4v) is 3.41. The van der Waals surface area contributed by atoms with Gasteiger partial charge in [-0.3, -0.25) is 4.90 Å². The van der Waals surface area contributed by atoms with Crippen LogP contribution in [0.4, 0.5) is 5.95 Å². The van der Waals surface area contributed by atoms with E-state index in [1.807, 2.05) is 30.3 Å². The van der Waals surface area contributed by atoms with Crippen molar-refractivity contribution in [1.29, 1.82) is 0 Å². The molecule has 2 heterocycles. The number of aromatic nitrogens is 4. The van der Waals surface area contributed by atoms with Crippen molar-refractivity contribution in [2.75, 3.05) is 18.4 Å². The quantitative estimate of drug-likeness (QED) is 0.777. The first-order valence-electron chi connectivity index (χ1n) is 8.66. The summed E-state index contributed by atoms with van der Waals surface area (Å²) in [6, 6.07) is 20.9. The molecule has 0 aliphatic carbocycles. The molecule has 2 unspecified atom stereocenters. The van der Waals surface area contributed by atoms with Crippen LogP contribution in [0.2, 0.25) is 0 Å². The van der Waals surface area contributed by atoms with E-state index in [1.54, 1.807) is 4.68 Å². The Hall–Kier alpha value is -2.73. The standard InChI is InChI=1S/C19H22N6/c1-15-12-24(13-16-8-4-2-5-9-16)14-18(15)20-19-21-22-23-25(19)17-10-6-3-7-11-17/h2-11,15,18H,12-14H2,1H3,(H,20,21,23). The van der Waals surface area contributed by atoms with Gasteiger partial charge in [-0.1, -0.05) is 60.6 Å². The lowest BCUT2D eigenvalue weighted by Gasteiger charge is -2.17. The lowest BCUT2D eigenvalue weighted by molar-refractivity contribution is 0.319. The van der Waals surface area contributed by atoms with Crippen molar-refractivity contribution in [3.8, 4) is 5.69 Å². The maximum atomic E-state index is 4.17. The van der Waals surface area contributed by atoms with E-state index < -0.39 is 0 Å². The minimum Gasteiger partial charge on any atom is -0.348 e. The summed E-state index contributed by atoms with van der Waals surface area (Å²) in [4.78, 5) is 2.48. The number of hydrogen-bond acceptors (Lipinski definition) is 5. The second kappa shape index (κ2) is 7.03. The zero-order chi connectivity index (χ0) is 17.1. The van der Waals surface area contributed by atoms with Crippen molar-refractivity contribution >= 4 is 5.95 Å². The molecule has 0 bridgehead atoms. The average molecular weight is 334 g/mol. The predicted molar refractivity (Wildman–Crippen MR) is 97.4 cm³/mol. The van der Waals surface area contributed by atoms with Crippen molar-refractivity contribution in [2.45, 2.75) is 19.5 Å². The van der Waals surface area contributed by atoms with Crippen molar-refractivity contribution in [3.63, 3.8) is 0 Å². The second-order valence-electron chi connectivity index (χ2n) is 6.66. The van der Waals surface area contributed by atoms with Crippen molar-refractivity contribution < 1.29 is 0 Å². The summed E-state index contributed by atoms with van der Waals surface area (Å²) < 4.78 is 1.76. The number of anilines is 1. The molecular formula is C19H22N6. The molecule has 4 rings (SSSR count). The van der Waals surface area contributed by atoms with Crippen LogP contribution in [0.25, 0.3) is 5.69 Å². The van der Waals surface area contributed by atoms with E-state index in [0.29, 0.717) is 17.9 Å². The van der Waals surface area contributed by atoms with Crippen LogP contribution in [0.5, 0.6) is 0 Å². The minimum absolute atomic E-state index is 0.331. The first-order valence-corrected chi connectivity index (χ1v) is 8.66. The zero-order valence-corrected chi connectivity index (χ0v) is 14.3. The SMILES string of the molecule is CC1CN(Cc2ccccc2)CC1Nc1nnnn1-c1ccccc1. The molecule has 1 saturated heterocycles. The average Bonchev–Trinajstić information content (AvgIpc) is 3.24. The van der Waals surface area contributed by atoms with E-state index in [0.717, 1.165) is 25.3 Å². The Morgan fingerprint density at radius 2 is 1.72 bits per heavy atom. The molecule has 2 atom stereocenters. The monoisotopic (exact) mass is 334 g/mol. The van der Waals surface area contributed by atoms with E-state index in [2.05, 4.69) is 63.0 Å². The largest absolute Gasteiger partial charge is 0.348 e. The summed E-state index contributed by atoms with van der Waals surface area (Å²) in [6.07, 6.45) is 0. The van der Waals surface area contributed by atoms with Gasteiger partial charge < -0.3 is 5.32 Å². The van der Waals surface area contributed by atoms with E-state index in [9.17, 15) is 0 Å². The number of benzene rings is 2. The highest BCUT2D eigenvalue weighted by Crippen LogP contribution is 2.22. The van der Waals surface area contributed by atoms with Gasteiger partial charge >= 0.3 is 0 Å². The molecule has 0 radical (unpaired) electrons. The van der Waals surface area contributed by atoms with Crippen LogP contribution in [0.15, 0.2) is 60.7 Å². The maximum absolute atomic E-state index is 4.17. The van der Waals surface area contributed by atoms with Gasteiger partial charge in [-0.2, -0.15) is 4.68 Å². The van der Waals surface area contributed by atoms with Crippen molar-refractivity contribution in [2.24, 2.45) is 5.92 Å². The molecule has 2 aromatic carbocycles. The molecule has 25 heavy (non-hydrogen) atoms. The van der Waals surface area contributed by atoms with Crippen molar-refractivity contribution in [3.05, 3.63) is 66.2 Å². The van der Waals surface area contributed by atoms with Gasteiger partial charge in [0.25, 0.3) is 0 Å². The highest BCUT2D eigenvalue weighted by molar-refractivity contribution is 5.39. The van der Waals surface area contributed by atoms with Crippen LogP contribution < -0.4 is 5.32 Å². The summed E-state index contributed by atoms with van der Waals surface area (Å²) in [7, 11) is 0. The molecule has 1 N–H and O–H groups in total. The third-order valence-corrected chi connectivity index (χ3v) is 4.72. The Kier molecular flexibility index (Phi) is 4.43. The Balaban J connectivity index is 1.44. The van der Waals surface area contributed by atoms with Gasteiger partial charge in [0.2, 0.25) is 5.95 Å². The van der Waals surface area contributed by atoms with Crippen LogP contribution >= 0.6 is 0 Å². The Morgan fingerprint density at radius 3 is 2.48 bits per heavy atom. The molecule has 6 nitrogen and oxygen atoms in total. The van der Waals surface area contributed by atoms with E-state index in [4.69, 9.17) is 0 Å². The van der Waals surface area contributed by atoms with Gasteiger partial charge in [0, 0.05) is 25.7 Å². The number of nitrogens with zero attached hydrogens (tertiary/aromatic N) is 5. The molecule has 0 saturated carbocycles. The van der Waals surface area contributed by atoms with Gasteiger partial charge in [-0.25, -0.2) is 0 Å². The summed E-state index contributed by atoms with van der Waals surface area (Å²) in [6.45, 7) is 5.31. The third-order valence-electron chi connectivity index (χ3n) is 4.72. The molecule has 0 amide bonds. The van der Waals surface area contributed by atoms with Crippen LogP contribution in [-0.2, 0) is 6.54 Å². The smallest absolute Gasteiger partial charge is 0.248 e. The fraction of sp³-hybridized carbons (Fsp3) is 0.316. The van der Waals surface area contributed by atoms with Gasteiger partial charge in [0.1, 0.15) is 0 Å². The lowest BCUT2D eigenvalue weighted by Crippen LogP contribution is -2.29. The Morgan fingerprint density at radius 1 is 1.00 bits per heavy atom. The van der Waals surface area contributed by atoms with Crippen molar-refractivity contribution in [1.82, 2.24) is 25.1 Å². The number of para-hydroxylation sites is 1. The molecule has 6 heteroatoms. The van der Waals surface area contributed by atoms with Gasteiger partial charge in [-0.05, 0) is 34.0 Å². The topological polar surface area (TPSA) is 58.9 Å². The summed E-state index contributed by atoms with van der Waals surface area (Å²) in [5.41, 5.74) is 2.31. The third kappa shape index (κ3) is 3.53. The Labute approximate surface area is 147 Å². The van der Waals surface area contributed by atoms with Gasteiger partial charge in [0.05, 0.1) is 5.69 Å². The number of nitrogens with one attached hydrogen (secondary N) is 1. The number of rotatable bonds is 5. The summed E-state index contributed by atoms with van der Waals surface area (Å²) in [5, 5.41) is 15.7. The first kappa shape index (κ1) is 15.8. The highest BCUT2D eigenvalue weighted by atomic mass is 15.6. The molecule has 0 spiro atoms. The van der Waals surface area contributed by atoms with Gasteiger partial charge in [0.15, 0.2) is 0 Å². The summed E-state index contributed by atoms with van der Waals surface area (Å²) in [5.74, 6) is 1.23. The molecule has 1 aliphatic heterocycles. The highest BCUT2D eigenvalue weighted by Gasteiger charge is 2.30. The molecular weight excluding hydrogens is 312 g/mol. The van der Waals surface area contributed by atoms with Crippen LogP contribution in [0.1, 0.15) is 12.5 Å². The van der Waals surface area contributed by atoms with Crippen LogP contribution in [0.3, 0.4) is 0 Å². The fourth-order valence-electron chi connectivity index (χ4n) is 3.41. The summed E-state index contributed by atoms with van der Waals surface area (Å²) >= 11 is 0. The second-order valence-corrected chi connectivity index (χ2v) is 6.66. The normalized spacial score (nSPS) is 20.7. The van der Waals surface area contributed by atoms with E-state index >= 15 is 0 Å². The van der Waals surface area contributed by atoms with Gasteiger partial charge in [-0.15, -0.1) is 0 Å². The van der Waals surface area contributed by atoms with Crippen LogP contribution in [0, 0.1) is 5.92 Å². The molecule has 1 aliphatic rings. The number of hydrogen-bond donors (Lipinski definition) is 1. The molecule has 1 fully saturated rings. The molecule has 1 aromatic heterocycles. The predicted octanol–water partition coefficient (Wildman–Crippen LogP) is 2.59. The number of tetrazole rings is 1. The minimum atomic E-state index is 0.331.